The minimum atomic E-state index is -0.457. The van der Waals surface area contributed by atoms with Crippen molar-refractivity contribution in [1.82, 2.24) is 0 Å². The molecule has 1 unspecified atom stereocenters. The number of unbranched alkanes of at least 4 members (excludes halogenated alkanes) is 2. The molecule has 7 heteroatoms. The lowest BCUT2D eigenvalue weighted by molar-refractivity contribution is -0.148. The summed E-state index contributed by atoms with van der Waals surface area (Å²) in [6.45, 7) is 7.19. The fourth-order valence-electron chi connectivity index (χ4n) is 3.76. The number of rotatable bonds is 16. The molecule has 0 aliphatic rings. The van der Waals surface area contributed by atoms with E-state index in [1.165, 1.54) is 6.08 Å². The van der Waals surface area contributed by atoms with Gasteiger partial charge in [0.2, 0.25) is 0 Å². The topological polar surface area (TPSA) is 88.1 Å². The Labute approximate surface area is 248 Å². The molecule has 0 bridgehead atoms. The standard InChI is InChI=1S/C35H40O7/c1-4-6-23-40-33(36)22-11-27-9-12-28(13-10-27)29-14-20-32(21-15-29)42-35(38)30-16-18-31(19-17-30)39-24-7-8-25-41-34(37)26(3)5-2/h9-22,26H,4-8,23-25H2,1-3H3. The van der Waals surface area contributed by atoms with E-state index in [1.807, 2.05) is 57.2 Å². The van der Waals surface area contributed by atoms with E-state index in [9.17, 15) is 14.4 Å². The van der Waals surface area contributed by atoms with E-state index < -0.39 is 5.97 Å². The first-order chi connectivity index (χ1) is 20.4. The fraction of sp³-hybridized carbons (Fsp3) is 0.343. The van der Waals surface area contributed by atoms with Crippen LogP contribution in [0, 0.1) is 5.92 Å². The van der Waals surface area contributed by atoms with Crippen molar-refractivity contribution in [2.45, 2.75) is 52.9 Å². The number of carbonyl (C=O) groups excluding carboxylic acids is 3. The summed E-state index contributed by atoms with van der Waals surface area (Å²) >= 11 is 0. The van der Waals surface area contributed by atoms with Crippen LogP contribution in [0.5, 0.6) is 11.5 Å². The maximum Gasteiger partial charge on any atom is 0.343 e. The lowest BCUT2D eigenvalue weighted by Crippen LogP contribution is -2.15. The fourth-order valence-corrected chi connectivity index (χ4v) is 3.76. The van der Waals surface area contributed by atoms with Crippen LogP contribution in [0.3, 0.4) is 0 Å². The van der Waals surface area contributed by atoms with E-state index in [4.69, 9.17) is 18.9 Å². The molecule has 3 aromatic rings. The normalized spacial score (nSPS) is 11.6. The smallest absolute Gasteiger partial charge is 0.343 e. The number of ether oxygens (including phenoxy) is 4. The van der Waals surface area contributed by atoms with Gasteiger partial charge in [-0.3, -0.25) is 4.79 Å². The van der Waals surface area contributed by atoms with E-state index in [-0.39, 0.29) is 17.9 Å². The minimum Gasteiger partial charge on any atom is -0.494 e. The monoisotopic (exact) mass is 572 g/mol. The molecule has 1 atom stereocenters. The molecule has 0 saturated heterocycles. The number of carbonyl (C=O) groups is 3. The van der Waals surface area contributed by atoms with Gasteiger partial charge in [-0.25, -0.2) is 9.59 Å². The summed E-state index contributed by atoms with van der Waals surface area (Å²) in [5.41, 5.74) is 3.28. The van der Waals surface area contributed by atoms with Crippen LogP contribution in [0.1, 0.15) is 68.8 Å². The van der Waals surface area contributed by atoms with E-state index in [1.54, 1.807) is 42.5 Å². The van der Waals surface area contributed by atoms with Gasteiger partial charge in [0, 0.05) is 6.08 Å². The maximum atomic E-state index is 12.6. The summed E-state index contributed by atoms with van der Waals surface area (Å²) in [6, 6.07) is 21.9. The molecule has 3 aromatic carbocycles. The van der Waals surface area contributed by atoms with Crippen molar-refractivity contribution in [1.29, 1.82) is 0 Å². The largest absolute Gasteiger partial charge is 0.494 e. The molecular weight excluding hydrogens is 532 g/mol. The summed E-state index contributed by atoms with van der Waals surface area (Å²) < 4.78 is 21.6. The van der Waals surface area contributed by atoms with E-state index in [2.05, 4.69) is 0 Å². The lowest BCUT2D eigenvalue weighted by atomic mass is 10.0. The van der Waals surface area contributed by atoms with Crippen LogP contribution in [0.2, 0.25) is 0 Å². The average Bonchev–Trinajstić information content (AvgIpc) is 3.02. The Hall–Kier alpha value is -4.39. The number of hydrogen-bond donors (Lipinski definition) is 0. The van der Waals surface area contributed by atoms with Gasteiger partial charge in [0.1, 0.15) is 11.5 Å². The molecule has 42 heavy (non-hydrogen) atoms. The second-order valence-electron chi connectivity index (χ2n) is 9.95. The van der Waals surface area contributed by atoms with Crippen molar-refractivity contribution < 1.29 is 33.3 Å². The Morgan fingerprint density at radius 1 is 0.714 bits per heavy atom. The average molecular weight is 573 g/mol. The molecule has 0 aliphatic heterocycles. The molecule has 0 saturated carbocycles. The van der Waals surface area contributed by atoms with Crippen LogP contribution in [-0.4, -0.2) is 37.7 Å². The van der Waals surface area contributed by atoms with Gasteiger partial charge in [-0.05, 0) is 84.8 Å². The van der Waals surface area contributed by atoms with Gasteiger partial charge >= 0.3 is 17.9 Å². The second kappa shape index (κ2) is 17.4. The number of benzene rings is 3. The molecule has 0 radical (unpaired) electrons. The van der Waals surface area contributed by atoms with Crippen molar-refractivity contribution in [2.75, 3.05) is 19.8 Å². The molecule has 0 aliphatic carbocycles. The van der Waals surface area contributed by atoms with Crippen molar-refractivity contribution >= 4 is 24.0 Å². The predicted molar refractivity (Wildman–Crippen MR) is 163 cm³/mol. The van der Waals surface area contributed by atoms with Crippen molar-refractivity contribution in [2.24, 2.45) is 5.92 Å². The first-order valence-corrected chi connectivity index (χ1v) is 14.6. The molecule has 0 amide bonds. The molecule has 7 nitrogen and oxygen atoms in total. The van der Waals surface area contributed by atoms with Crippen LogP contribution in [0.4, 0.5) is 0 Å². The molecule has 0 spiro atoms. The Bertz CT molecular complexity index is 1290. The first-order valence-electron chi connectivity index (χ1n) is 14.6. The van der Waals surface area contributed by atoms with Crippen molar-refractivity contribution in [3.8, 4) is 22.6 Å². The molecular formula is C35H40O7. The van der Waals surface area contributed by atoms with Gasteiger partial charge < -0.3 is 18.9 Å². The predicted octanol–water partition coefficient (Wildman–Crippen LogP) is 7.68. The van der Waals surface area contributed by atoms with Gasteiger partial charge in [-0.15, -0.1) is 0 Å². The van der Waals surface area contributed by atoms with Gasteiger partial charge in [-0.1, -0.05) is 63.6 Å². The van der Waals surface area contributed by atoms with E-state index >= 15 is 0 Å². The summed E-state index contributed by atoms with van der Waals surface area (Å²) in [5, 5.41) is 0. The third-order valence-corrected chi connectivity index (χ3v) is 6.62. The summed E-state index contributed by atoms with van der Waals surface area (Å²) in [6.07, 6.45) is 7.26. The van der Waals surface area contributed by atoms with Gasteiger partial charge in [-0.2, -0.15) is 0 Å². The van der Waals surface area contributed by atoms with Gasteiger partial charge in [0.25, 0.3) is 0 Å². The summed E-state index contributed by atoms with van der Waals surface area (Å²) in [7, 11) is 0. The third-order valence-electron chi connectivity index (χ3n) is 6.62. The zero-order chi connectivity index (χ0) is 30.2. The summed E-state index contributed by atoms with van der Waals surface area (Å²) in [5.74, 6) is 0.0721. The highest BCUT2D eigenvalue weighted by atomic mass is 16.5. The molecule has 0 fully saturated rings. The Morgan fingerprint density at radius 2 is 1.31 bits per heavy atom. The van der Waals surface area contributed by atoms with Crippen molar-refractivity contribution in [3.63, 3.8) is 0 Å². The van der Waals surface area contributed by atoms with E-state index in [0.717, 1.165) is 48.8 Å². The van der Waals surface area contributed by atoms with Gasteiger partial charge in [0.15, 0.2) is 0 Å². The van der Waals surface area contributed by atoms with Crippen LogP contribution < -0.4 is 9.47 Å². The minimum absolute atomic E-state index is 0.0707. The lowest BCUT2D eigenvalue weighted by Gasteiger charge is -2.10. The van der Waals surface area contributed by atoms with Crippen LogP contribution in [0.15, 0.2) is 78.9 Å². The highest BCUT2D eigenvalue weighted by Crippen LogP contribution is 2.24. The Kier molecular flexibility index (Phi) is 13.3. The number of hydrogen-bond acceptors (Lipinski definition) is 7. The highest BCUT2D eigenvalue weighted by Gasteiger charge is 2.12. The molecule has 0 N–H and O–H groups in total. The van der Waals surface area contributed by atoms with Crippen LogP contribution in [0.25, 0.3) is 17.2 Å². The van der Waals surface area contributed by atoms with Crippen LogP contribution >= 0.6 is 0 Å². The zero-order valence-corrected chi connectivity index (χ0v) is 24.7. The van der Waals surface area contributed by atoms with Crippen LogP contribution in [-0.2, 0) is 19.1 Å². The SMILES string of the molecule is CCCCOC(=O)C=Cc1ccc(-c2ccc(OC(=O)c3ccc(OCCCCOC(=O)C(C)CC)cc3)cc2)cc1. The number of esters is 3. The first kappa shape index (κ1) is 32.1. The van der Waals surface area contributed by atoms with Gasteiger partial charge in [0.05, 0.1) is 31.3 Å². The molecule has 0 heterocycles. The molecule has 0 aromatic heterocycles. The highest BCUT2D eigenvalue weighted by molar-refractivity contribution is 5.91. The van der Waals surface area contributed by atoms with Crippen molar-refractivity contribution in [3.05, 3.63) is 90.0 Å². The zero-order valence-electron chi connectivity index (χ0n) is 24.7. The molecule has 3 rings (SSSR count). The maximum absolute atomic E-state index is 12.6. The van der Waals surface area contributed by atoms with E-state index in [0.29, 0.717) is 36.9 Å². The Balaban J connectivity index is 1.42. The molecule has 222 valence electrons. The second-order valence-corrected chi connectivity index (χ2v) is 9.95. The Morgan fingerprint density at radius 3 is 1.95 bits per heavy atom. The summed E-state index contributed by atoms with van der Waals surface area (Å²) in [4.78, 5) is 36.0. The third kappa shape index (κ3) is 10.9. The quantitative estimate of drug-likeness (QED) is 0.0753.